The summed E-state index contributed by atoms with van der Waals surface area (Å²) in [7, 11) is 0. The Kier molecular flexibility index (Phi) is 4.47. The summed E-state index contributed by atoms with van der Waals surface area (Å²) in [6, 6.07) is 6.55. The summed E-state index contributed by atoms with van der Waals surface area (Å²) in [6.45, 7) is 3.19. The van der Waals surface area contributed by atoms with Gasteiger partial charge in [0, 0.05) is 22.5 Å². The Hall–Kier alpha value is -1.43. The first-order valence-corrected chi connectivity index (χ1v) is 8.35. The molecule has 116 valence electrons. The van der Waals surface area contributed by atoms with Crippen molar-refractivity contribution in [1.82, 2.24) is 4.90 Å². The van der Waals surface area contributed by atoms with Crippen molar-refractivity contribution in [2.75, 3.05) is 18.4 Å². The van der Waals surface area contributed by atoms with Crippen LogP contribution in [0.2, 0.25) is 5.02 Å². The Bertz CT molecular complexity index is 703. The summed E-state index contributed by atoms with van der Waals surface area (Å²) < 4.78 is 13.7. The van der Waals surface area contributed by atoms with Gasteiger partial charge in [-0.25, -0.2) is 4.39 Å². The normalized spacial score (nSPS) is 18.0. The Morgan fingerprint density at radius 2 is 2.32 bits per heavy atom. The van der Waals surface area contributed by atoms with Gasteiger partial charge >= 0.3 is 0 Å². The van der Waals surface area contributed by atoms with Crippen molar-refractivity contribution in [1.29, 1.82) is 0 Å². The Morgan fingerprint density at radius 3 is 3.09 bits per heavy atom. The minimum Gasteiger partial charge on any atom is -0.322 e. The van der Waals surface area contributed by atoms with Crippen LogP contribution < -0.4 is 5.32 Å². The number of nitrogens with one attached hydrogen (secondary N) is 1. The van der Waals surface area contributed by atoms with Crippen molar-refractivity contribution in [3.05, 3.63) is 50.9 Å². The highest BCUT2D eigenvalue weighted by Crippen LogP contribution is 2.32. The van der Waals surface area contributed by atoms with Gasteiger partial charge in [0.1, 0.15) is 5.82 Å². The van der Waals surface area contributed by atoms with Gasteiger partial charge in [0.05, 0.1) is 12.2 Å². The highest BCUT2D eigenvalue weighted by Gasteiger charge is 2.26. The van der Waals surface area contributed by atoms with E-state index in [1.807, 2.05) is 0 Å². The Balaban J connectivity index is 1.65. The van der Waals surface area contributed by atoms with Crippen LogP contribution in [0.25, 0.3) is 0 Å². The fraction of sp³-hybridized carbons (Fsp3) is 0.312. The summed E-state index contributed by atoms with van der Waals surface area (Å²) in [5, 5.41) is 5.01. The lowest BCUT2D eigenvalue weighted by molar-refractivity contribution is -0.117. The average molecular weight is 339 g/mol. The molecule has 0 unspecified atom stereocenters. The fourth-order valence-corrected chi connectivity index (χ4v) is 3.86. The molecule has 0 bridgehead atoms. The minimum atomic E-state index is -0.521. The third-order valence-corrected chi connectivity index (χ3v) is 5.19. The molecule has 1 aliphatic heterocycles. The second-order valence-corrected chi connectivity index (χ2v) is 6.81. The van der Waals surface area contributed by atoms with Gasteiger partial charge in [-0.2, -0.15) is 0 Å². The average Bonchev–Trinajstić information content (AvgIpc) is 2.94. The van der Waals surface area contributed by atoms with Crippen molar-refractivity contribution >= 4 is 34.5 Å². The van der Waals surface area contributed by atoms with Gasteiger partial charge in [0.2, 0.25) is 5.91 Å². The first kappa shape index (κ1) is 15.5. The van der Waals surface area contributed by atoms with Crippen LogP contribution in [0.3, 0.4) is 0 Å². The molecule has 1 aromatic heterocycles. The van der Waals surface area contributed by atoms with E-state index in [9.17, 15) is 9.18 Å². The zero-order valence-corrected chi connectivity index (χ0v) is 13.7. The van der Waals surface area contributed by atoms with Gasteiger partial charge < -0.3 is 5.32 Å². The smallest absolute Gasteiger partial charge is 0.238 e. The number of fused-ring (bicyclic) bond motifs is 1. The molecule has 0 fully saturated rings. The Labute approximate surface area is 137 Å². The van der Waals surface area contributed by atoms with E-state index < -0.39 is 5.82 Å². The van der Waals surface area contributed by atoms with E-state index in [-0.39, 0.29) is 24.2 Å². The van der Waals surface area contributed by atoms with E-state index in [2.05, 4.69) is 28.6 Å². The number of amides is 1. The molecule has 1 atom stereocenters. The molecule has 22 heavy (non-hydrogen) atoms. The molecule has 3 nitrogen and oxygen atoms in total. The van der Waals surface area contributed by atoms with E-state index in [0.29, 0.717) is 5.02 Å². The van der Waals surface area contributed by atoms with Crippen LogP contribution in [0.4, 0.5) is 10.1 Å². The topological polar surface area (TPSA) is 32.3 Å². The highest BCUT2D eigenvalue weighted by atomic mass is 35.5. The molecule has 0 radical (unpaired) electrons. The van der Waals surface area contributed by atoms with Crippen molar-refractivity contribution in [2.24, 2.45) is 0 Å². The Morgan fingerprint density at radius 1 is 1.50 bits per heavy atom. The molecule has 0 saturated heterocycles. The van der Waals surface area contributed by atoms with E-state index in [1.54, 1.807) is 17.4 Å². The largest absolute Gasteiger partial charge is 0.322 e. The summed E-state index contributed by atoms with van der Waals surface area (Å²) >= 11 is 7.47. The molecule has 1 aromatic carbocycles. The number of benzene rings is 1. The van der Waals surface area contributed by atoms with Crippen LogP contribution in [0.1, 0.15) is 23.4 Å². The zero-order valence-electron chi connectivity index (χ0n) is 12.1. The van der Waals surface area contributed by atoms with Crippen molar-refractivity contribution < 1.29 is 9.18 Å². The number of hydrogen-bond acceptors (Lipinski definition) is 3. The molecule has 2 aromatic rings. The lowest BCUT2D eigenvalue weighted by Gasteiger charge is -2.32. The maximum Gasteiger partial charge on any atom is 0.238 e. The quantitative estimate of drug-likeness (QED) is 0.913. The maximum atomic E-state index is 13.7. The van der Waals surface area contributed by atoms with Gasteiger partial charge in [-0.15, -0.1) is 11.3 Å². The van der Waals surface area contributed by atoms with Gasteiger partial charge in [0.15, 0.2) is 0 Å². The van der Waals surface area contributed by atoms with Crippen molar-refractivity contribution in [3.8, 4) is 0 Å². The number of nitrogens with zero attached hydrogens (tertiary/aromatic N) is 1. The van der Waals surface area contributed by atoms with Crippen LogP contribution in [-0.2, 0) is 11.2 Å². The molecule has 2 heterocycles. The monoisotopic (exact) mass is 338 g/mol. The number of carbonyl (C=O) groups is 1. The fourth-order valence-electron chi connectivity index (χ4n) is 2.74. The van der Waals surface area contributed by atoms with Gasteiger partial charge in [-0.1, -0.05) is 11.6 Å². The van der Waals surface area contributed by atoms with Crippen LogP contribution >= 0.6 is 22.9 Å². The molecule has 1 aliphatic rings. The maximum absolute atomic E-state index is 13.7. The van der Waals surface area contributed by atoms with E-state index >= 15 is 0 Å². The molecule has 0 aliphatic carbocycles. The molecular weight excluding hydrogens is 323 g/mol. The van der Waals surface area contributed by atoms with Crippen molar-refractivity contribution in [2.45, 2.75) is 19.4 Å². The lowest BCUT2D eigenvalue weighted by Crippen LogP contribution is -2.39. The van der Waals surface area contributed by atoms with E-state index in [1.165, 1.54) is 22.6 Å². The standard InChI is InChI=1S/C16H16ClFN2OS/c1-10-12-5-7-22-15(12)4-6-20(10)9-16(21)19-14-3-2-11(17)8-13(14)18/h2-3,5,7-8,10H,4,6,9H2,1H3,(H,19,21)/t10-/m0/s1. The number of anilines is 1. The molecule has 0 saturated carbocycles. The molecule has 6 heteroatoms. The van der Waals surface area contributed by atoms with Crippen LogP contribution in [0.5, 0.6) is 0 Å². The van der Waals surface area contributed by atoms with Crippen LogP contribution in [-0.4, -0.2) is 23.9 Å². The van der Waals surface area contributed by atoms with Gasteiger partial charge in [-0.05, 0) is 48.6 Å². The number of rotatable bonds is 3. The summed E-state index contributed by atoms with van der Waals surface area (Å²) in [4.78, 5) is 15.7. The first-order chi connectivity index (χ1) is 10.5. The predicted molar refractivity (Wildman–Crippen MR) is 88.1 cm³/mol. The van der Waals surface area contributed by atoms with Gasteiger partial charge in [0.25, 0.3) is 0 Å². The van der Waals surface area contributed by atoms with E-state index in [4.69, 9.17) is 11.6 Å². The number of halogens is 2. The lowest BCUT2D eigenvalue weighted by atomic mass is 10.0. The second-order valence-electron chi connectivity index (χ2n) is 5.37. The first-order valence-electron chi connectivity index (χ1n) is 7.10. The molecule has 0 spiro atoms. The molecular formula is C16H16ClFN2OS. The van der Waals surface area contributed by atoms with Crippen LogP contribution in [0.15, 0.2) is 29.6 Å². The minimum absolute atomic E-state index is 0.162. The number of carbonyl (C=O) groups excluding carboxylic acids is 1. The zero-order chi connectivity index (χ0) is 15.7. The molecule has 1 amide bonds. The second kappa shape index (κ2) is 6.36. The molecule has 1 N–H and O–H groups in total. The molecule has 3 rings (SSSR count). The highest BCUT2D eigenvalue weighted by molar-refractivity contribution is 7.10. The SMILES string of the molecule is C[C@H]1c2ccsc2CCN1CC(=O)Nc1ccc(Cl)cc1F. The summed E-state index contributed by atoms with van der Waals surface area (Å²) in [5.74, 6) is -0.737. The number of thiophene rings is 1. The predicted octanol–water partition coefficient (Wildman–Crippen LogP) is 4.10. The number of hydrogen-bond donors (Lipinski definition) is 1. The van der Waals surface area contributed by atoms with Gasteiger partial charge in [-0.3, -0.25) is 9.69 Å². The summed E-state index contributed by atoms with van der Waals surface area (Å²) in [6.07, 6.45) is 0.958. The third kappa shape index (κ3) is 3.16. The van der Waals surface area contributed by atoms with Crippen molar-refractivity contribution in [3.63, 3.8) is 0 Å². The van der Waals surface area contributed by atoms with Crippen LogP contribution in [0, 0.1) is 5.82 Å². The van der Waals surface area contributed by atoms with E-state index in [0.717, 1.165) is 13.0 Å². The third-order valence-electron chi connectivity index (χ3n) is 3.96. The summed E-state index contributed by atoms with van der Waals surface area (Å²) in [5.41, 5.74) is 1.46.